The van der Waals surface area contributed by atoms with Crippen LogP contribution < -0.4 is 10.5 Å². The van der Waals surface area contributed by atoms with Gasteiger partial charge in [0, 0.05) is 10.0 Å². The highest BCUT2D eigenvalue weighted by atomic mass is 79.9. The lowest BCUT2D eigenvalue weighted by Gasteiger charge is -2.24. The number of hydrogen-bond donors (Lipinski definition) is 1. The van der Waals surface area contributed by atoms with Crippen LogP contribution in [0.5, 0.6) is 5.75 Å². The molecule has 0 spiro atoms. The van der Waals surface area contributed by atoms with Crippen LogP contribution in [0.1, 0.15) is 38.3 Å². The van der Waals surface area contributed by atoms with Crippen LogP contribution in [0, 0.1) is 0 Å². The number of nitrogens with two attached hydrogens (primary N) is 1. The average molecular weight is 300 g/mol. The second kappa shape index (κ2) is 5.87. The van der Waals surface area contributed by atoms with Gasteiger partial charge in [0.05, 0.1) is 7.11 Å². The van der Waals surface area contributed by atoms with Crippen molar-refractivity contribution in [3.63, 3.8) is 0 Å². The fraction of sp³-hybridized carbons (Fsp3) is 0.571. The fourth-order valence-corrected chi connectivity index (χ4v) is 2.43. The lowest BCUT2D eigenvalue weighted by molar-refractivity contribution is 0.392. The zero-order valence-electron chi connectivity index (χ0n) is 11.1. The first kappa shape index (κ1) is 14.5. The van der Waals surface area contributed by atoms with Crippen molar-refractivity contribution in [1.82, 2.24) is 0 Å². The molecule has 0 aliphatic heterocycles. The Labute approximate surface area is 113 Å². The predicted octanol–water partition coefficient (Wildman–Crippen LogP) is 3.65. The van der Waals surface area contributed by atoms with Gasteiger partial charge in [-0.15, -0.1) is 0 Å². The molecule has 2 nitrogen and oxygen atoms in total. The van der Waals surface area contributed by atoms with Gasteiger partial charge in [-0.05, 0) is 42.5 Å². The second-order valence-corrected chi connectivity index (χ2v) is 6.20. The Morgan fingerprint density at radius 1 is 1.29 bits per heavy atom. The molecule has 17 heavy (non-hydrogen) atoms. The molecular formula is C14H22BrNO. The number of hydrogen-bond acceptors (Lipinski definition) is 2. The van der Waals surface area contributed by atoms with Gasteiger partial charge >= 0.3 is 0 Å². The van der Waals surface area contributed by atoms with Crippen LogP contribution in [0.2, 0.25) is 0 Å². The summed E-state index contributed by atoms with van der Waals surface area (Å²) in [6, 6.07) is 4.27. The minimum atomic E-state index is 0.0760. The van der Waals surface area contributed by atoms with Crippen molar-refractivity contribution in [1.29, 1.82) is 0 Å². The van der Waals surface area contributed by atoms with E-state index in [9.17, 15) is 0 Å². The SMILES string of the molecule is COc1c(CCCN)cc(Br)cc1C(C)(C)C. The van der Waals surface area contributed by atoms with Crippen LogP contribution in [-0.2, 0) is 11.8 Å². The van der Waals surface area contributed by atoms with E-state index in [1.807, 2.05) is 0 Å². The Morgan fingerprint density at radius 3 is 2.41 bits per heavy atom. The molecule has 0 bridgehead atoms. The maximum atomic E-state index is 5.59. The number of ether oxygens (including phenoxy) is 1. The third kappa shape index (κ3) is 3.71. The van der Waals surface area contributed by atoms with Gasteiger partial charge in [0.2, 0.25) is 0 Å². The van der Waals surface area contributed by atoms with Gasteiger partial charge in [-0.25, -0.2) is 0 Å². The molecule has 0 aromatic heterocycles. The summed E-state index contributed by atoms with van der Waals surface area (Å²) in [6.07, 6.45) is 1.94. The van der Waals surface area contributed by atoms with Gasteiger partial charge in [0.15, 0.2) is 0 Å². The van der Waals surface area contributed by atoms with E-state index in [1.165, 1.54) is 11.1 Å². The largest absolute Gasteiger partial charge is 0.496 e. The van der Waals surface area contributed by atoms with Gasteiger partial charge < -0.3 is 10.5 Å². The highest BCUT2D eigenvalue weighted by Crippen LogP contribution is 2.37. The zero-order valence-corrected chi connectivity index (χ0v) is 12.7. The average Bonchev–Trinajstić information content (AvgIpc) is 2.24. The molecule has 0 fully saturated rings. The first-order valence-electron chi connectivity index (χ1n) is 5.97. The van der Waals surface area contributed by atoms with E-state index in [0.717, 1.165) is 23.1 Å². The van der Waals surface area contributed by atoms with Gasteiger partial charge in [0.25, 0.3) is 0 Å². The summed E-state index contributed by atoms with van der Waals surface area (Å²) in [5.41, 5.74) is 8.12. The fourth-order valence-electron chi connectivity index (χ4n) is 1.93. The summed E-state index contributed by atoms with van der Waals surface area (Å²) in [6.45, 7) is 7.30. The minimum Gasteiger partial charge on any atom is -0.496 e. The van der Waals surface area contributed by atoms with Crippen molar-refractivity contribution in [3.8, 4) is 5.75 Å². The number of benzene rings is 1. The van der Waals surface area contributed by atoms with Crippen LogP contribution in [0.25, 0.3) is 0 Å². The summed E-state index contributed by atoms with van der Waals surface area (Å²) >= 11 is 3.57. The summed E-state index contributed by atoms with van der Waals surface area (Å²) in [5.74, 6) is 1.01. The molecule has 0 heterocycles. The molecule has 0 aliphatic rings. The van der Waals surface area contributed by atoms with Crippen molar-refractivity contribution < 1.29 is 4.74 Å². The third-order valence-electron chi connectivity index (χ3n) is 2.79. The summed E-state index contributed by atoms with van der Waals surface area (Å²) in [4.78, 5) is 0. The smallest absolute Gasteiger partial charge is 0.125 e. The van der Waals surface area contributed by atoms with Gasteiger partial charge in [-0.3, -0.25) is 0 Å². The molecule has 0 unspecified atom stereocenters. The van der Waals surface area contributed by atoms with Crippen LogP contribution in [0.15, 0.2) is 16.6 Å². The van der Waals surface area contributed by atoms with E-state index in [2.05, 4.69) is 48.8 Å². The molecule has 0 saturated heterocycles. The molecule has 2 N–H and O–H groups in total. The van der Waals surface area contributed by atoms with Crippen LogP contribution in [-0.4, -0.2) is 13.7 Å². The van der Waals surface area contributed by atoms with E-state index in [0.29, 0.717) is 6.54 Å². The number of methoxy groups -OCH3 is 1. The molecule has 0 atom stereocenters. The van der Waals surface area contributed by atoms with Crippen molar-refractivity contribution >= 4 is 15.9 Å². The molecule has 0 aliphatic carbocycles. The van der Waals surface area contributed by atoms with Crippen molar-refractivity contribution in [2.75, 3.05) is 13.7 Å². The Morgan fingerprint density at radius 2 is 1.94 bits per heavy atom. The standard InChI is InChI=1S/C14H22BrNO/c1-14(2,3)12-9-11(15)8-10(6-5-7-16)13(12)17-4/h8-9H,5-7,16H2,1-4H3. The van der Waals surface area contributed by atoms with E-state index in [1.54, 1.807) is 7.11 Å². The van der Waals surface area contributed by atoms with E-state index in [4.69, 9.17) is 10.5 Å². The Kier molecular flexibility index (Phi) is 5.02. The van der Waals surface area contributed by atoms with Gasteiger partial charge in [0.1, 0.15) is 5.75 Å². The van der Waals surface area contributed by atoms with Crippen molar-refractivity contribution in [2.24, 2.45) is 5.73 Å². The molecule has 0 radical (unpaired) electrons. The molecule has 0 amide bonds. The molecular weight excluding hydrogens is 278 g/mol. The molecule has 0 saturated carbocycles. The van der Waals surface area contributed by atoms with E-state index >= 15 is 0 Å². The van der Waals surface area contributed by atoms with Gasteiger partial charge in [-0.1, -0.05) is 36.7 Å². The summed E-state index contributed by atoms with van der Waals surface area (Å²) < 4.78 is 6.70. The normalized spacial score (nSPS) is 11.6. The minimum absolute atomic E-state index is 0.0760. The maximum absolute atomic E-state index is 5.59. The van der Waals surface area contributed by atoms with Crippen LogP contribution in [0.4, 0.5) is 0 Å². The lowest BCUT2D eigenvalue weighted by Crippen LogP contribution is -2.14. The Hall–Kier alpha value is -0.540. The molecule has 3 heteroatoms. The number of aryl methyl sites for hydroxylation is 1. The molecule has 1 rings (SSSR count). The van der Waals surface area contributed by atoms with Crippen molar-refractivity contribution in [3.05, 3.63) is 27.7 Å². The number of rotatable bonds is 4. The van der Waals surface area contributed by atoms with Gasteiger partial charge in [-0.2, -0.15) is 0 Å². The molecule has 1 aromatic carbocycles. The number of halogens is 1. The summed E-state index contributed by atoms with van der Waals surface area (Å²) in [7, 11) is 1.74. The highest BCUT2D eigenvalue weighted by Gasteiger charge is 2.21. The maximum Gasteiger partial charge on any atom is 0.125 e. The zero-order chi connectivity index (χ0) is 13.1. The van der Waals surface area contributed by atoms with E-state index in [-0.39, 0.29) is 5.41 Å². The van der Waals surface area contributed by atoms with Crippen molar-refractivity contribution in [2.45, 2.75) is 39.0 Å². The quantitative estimate of drug-likeness (QED) is 0.921. The van der Waals surface area contributed by atoms with Crippen LogP contribution in [0.3, 0.4) is 0 Å². The lowest BCUT2D eigenvalue weighted by atomic mass is 9.84. The topological polar surface area (TPSA) is 35.2 Å². The molecule has 96 valence electrons. The first-order valence-corrected chi connectivity index (χ1v) is 6.76. The highest BCUT2D eigenvalue weighted by molar-refractivity contribution is 9.10. The second-order valence-electron chi connectivity index (χ2n) is 5.29. The summed E-state index contributed by atoms with van der Waals surface area (Å²) in [5, 5.41) is 0. The Bertz CT molecular complexity index is 383. The first-order chi connectivity index (χ1) is 7.90. The predicted molar refractivity (Wildman–Crippen MR) is 76.8 cm³/mol. The Balaban J connectivity index is 3.25. The van der Waals surface area contributed by atoms with E-state index < -0.39 is 0 Å². The monoisotopic (exact) mass is 299 g/mol. The van der Waals surface area contributed by atoms with Crippen LogP contribution >= 0.6 is 15.9 Å². The third-order valence-corrected chi connectivity index (χ3v) is 3.25. The molecule has 1 aromatic rings.